The van der Waals surface area contributed by atoms with Crippen LogP contribution in [0, 0.1) is 0 Å². The van der Waals surface area contributed by atoms with Crippen LogP contribution in [-0.4, -0.2) is 5.11 Å². The molecule has 0 aliphatic rings. The molecule has 0 saturated carbocycles. The number of phenols is 1. The molecule has 0 fully saturated rings. The fraction of sp³-hybridized carbons (Fsp3) is 0. The van der Waals surface area contributed by atoms with Crippen LogP contribution in [0.1, 0.15) is 0 Å². The summed E-state index contributed by atoms with van der Waals surface area (Å²) in [6.07, 6.45) is 0. The van der Waals surface area contributed by atoms with Crippen LogP contribution in [0.4, 0.5) is 5.69 Å². The van der Waals surface area contributed by atoms with Crippen molar-refractivity contribution in [2.24, 2.45) is 0 Å². The minimum Gasteiger partial charge on any atom is -0.506 e. The molecular weight excluding hydrogens is 173 g/mol. The van der Waals surface area contributed by atoms with Gasteiger partial charge >= 0.3 is 0 Å². The second-order valence-corrected chi connectivity index (χ2v) is 1.56. The summed E-state index contributed by atoms with van der Waals surface area (Å²) in [5.41, 5.74) is 5.69. The molecule has 10 heavy (non-hydrogen) atoms. The first kappa shape index (κ1) is 12.1. The molecule has 0 radical (unpaired) electrons. The van der Waals surface area contributed by atoms with Gasteiger partial charge in [0.15, 0.2) is 0 Å². The van der Waals surface area contributed by atoms with Crippen LogP contribution in [0.5, 0.6) is 5.75 Å². The molecule has 1 rings (SSSR count). The number of anilines is 1. The van der Waals surface area contributed by atoms with Crippen LogP contribution in [-0.2, 0) is 0 Å². The zero-order valence-corrected chi connectivity index (χ0v) is 6.78. The summed E-state index contributed by atoms with van der Waals surface area (Å²) in [5, 5.41) is 8.79. The fourth-order valence-corrected chi connectivity index (χ4v) is 0.488. The molecule has 3 N–H and O–H groups in total. The summed E-state index contributed by atoms with van der Waals surface area (Å²) in [6, 6.07) is 6.70. The van der Waals surface area contributed by atoms with Crippen molar-refractivity contribution in [3.63, 3.8) is 0 Å². The van der Waals surface area contributed by atoms with Crippen molar-refractivity contribution in [3.05, 3.63) is 24.3 Å². The largest absolute Gasteiger partial charge is 0.506 e. The van der Waals surface area contributed by atoms with Gasteiger partial charge in [0.2, 0.25) is 0 Å². The summed E-state index contributed by atoms with van der Waals surface area (Å²) in [7, 11) is 0. The molecule has 0 bridgehead atoms. The number of nitrogens with two attached hydrogens (primary N) is 1. The first-order valence-corrected chi connectivity index (χ1v) is 2.34. The Hall–Kier alpha value is -0.600. The lowest BCUT2D eigenvalue weighted by Gasteiger charge is -1.92. The summed E-state index contributed by atoms with van der Waals surface area (Å²) in [5.74, 6) is 0.146. The molecular formula is C6H9Cl2NO. The molecule has 0 aliphatic heterocycles. The quantitative estimate of drug-likeness (QED) is 0.474. The van der Waals surface area contributed by atoms with Crippen LogP contribution in [0.3, 0.4) is 0 Å². The zero-order valence-electron chi connectivity index (χ0n) is 5.15. The van der Waals surface area contributed by atoms with Crippen molar-refractivity contribution in [2.75, 3.05) is 5.73 Å². The van der Waals surface area contributed by atoms with E-state index in [-0.39, 0.29) is 30.6 Å². The normalized spacial score (nSPS) is 7.20. The van der Waals surface area contributed by atoms with Gasteiger partial charge in [-0.2, -0.15) is 0 Å². The van der Waals surface area contributed by atoms with Crippen molar-refractivity contribution < 1.29 is 5.11 Å². The Morgan fingerprint density at radius 2 is 1.60 bits per heavy atom. The van der Waals surface area contributed by atoms with Gasteiger partial charge < -0.3 is 10.8 Å². The first-order valence-electron chi connectivity index (χ1n) is 2.34. The van der Waals surface area contributed by atoms with E-state index in [1.54, 1.807) is 24.3 Å². The predicted molar refractivity (Wildman–Crippen MR) is 47.0 cm³/mol. The van der Waals surface area contributed by atoms with Gasteiger partial charge in [0.25, 0.3) is 0 Å². The number of benzene rings is 1. The lowest BCUT2D eigenvalue weighted by Crippen LogP contribution is -1.82. The maximum Gasteiger partial charge on any atom is 0.138 e. The molecule has 0 spiro atoms. The highest BCUT2D eigenvalue weighted by Crippen LogP contribution is 2.16. The van der Waals surface area contributed by atoms with Gasteiger partial charge in [0.1, 0.15) is 5.75 Å². The number of nitrogen functional groups attached to an aromatic ring is 1. The maximum absolute atomic E-state index is 8.79. The van der Waals surface area contributed by atoms with E-state index >= 15 is 0 Å². The number of hydrogen-bond acceptors (Lipinski definition) is 2. The molecule has 4 heteroatoms. The maximum atomic E-state index is 8.79. The summed E-state index contributed by atoms with van der Waals surface area (Å²) < 4.78 is 0. The van der Waals surface area contributed by atoms with Gasteiger partial charge in [-0.25, -0.2) is 0 Å². The van der Waals surface area contributed by atoms with E-state index in [1.807, 2.05) is 0 Å². The van der Waals surface area contributed by atoms with E-state index in [1.165, 1.54) is 0 Å². The second-order valence-electron chi connectivity index (χ2n) is 1.56. The highest BCUT2D eigenvalue weighted by Gasteiger charge is 1.87. The predicted octanol–water partition coefficient (Wildman–Crippen LogP) is 1.82. The Morgan fingerprint density at radius 3 is 1.90 bits per heavy atom. The van der Waals surface area contributed by atoms with E-state index < -0.39 is 0 Å². The Balaban J connectivity index is 0. The van der Waals surface area contributed by atoms with Crippen LogP contribution in [0.15, 0.2) is 24.3 Å². The van der Waals surface area contributed by atoms with Gasteiger partial charge in [0.05, 0.1) is 5.69 Å². The minimum atomic E-state index is 0. The molecule has 0 amide bonds. The highest BCUT2D eigenvalue weighted by atomic mass is 35.5. The first-order chi connectivity index (χ1) is 3.80. The van der Waals surface area contributed by atoms with E-state index in [2.05, 4.69) is 0 Å². The molecule has 1 aromatic carbocycles. The molecule has 0 aliphatic carbocycles. The topological polar surface area (TPSA) is 46.2 Å². The Morgan fingerprint density at radius 1 is 1.10 bits per heavy atom. The third-order valence-electron chi connectivity index (χ3n) is 0.937. The molecule has 0 heterocycles. The van der Waals surface area contributed by atoms with Crippen molar-refractivity contribution in [1.82, 2.24) is 0 Å². The summed E-state index contributed by atoms with van der Waals surface area (Å²) >= 11 is 0. The number of halogens is 2. The molecule has 0 unspecified atom stereocenters. The van der Waals surface area contributed by atoms with Crippen LogP contribution in [0.25, 0.3) is 0 Å². The third kappa shape index (κ3) is 2.80. The van der Waals surface area contributed by atoms with Crippen LogP contribution >= 0.6 is 24.8 Å². The molecule has 0 atom stereocenters. The zero-order chi connectivity index (χ0) is 5.98. The SMILES string of the molecule is Cl.Cl.Nc1ccccc1O. The average Bonchev–Trinajstić information content (AvgIpc) is 1.77. The van der Waals surface area contributed by atoms with Gasteiger partial charge in [-0.15, -0.1) is 24.8 Å². The number of hydrogen-bond donors (Lipinski definition) is 2. The fourth-order valence-electron chi connectivity index (χ4n) is 0.488. The van der Waals surface area contributed by atoms with E-state index in [4.69, 9.17) is 10.8 Å². The van der Waals surface area contributed by atoms with Crippen molar-refractivity contribution in [3.8, 4) is 5.75 Å². The van der Waals surface area contributed by atoms with Gasteiger partial charge in [-0.1, -0.05) is 12.1 Å². The molecule has 0 saturated heterocycles. The van der Waals surface area contributed by atoms with E-state index in [9.17, 15) is 0 Å². The third-order valence-corrected chi connectivity index (χ3v) is 0.937. The van der Waals surface area contributed by atoms with Gasteiger partial charge in [0, 0.05) is 0 Å². The Kier molecular flexibility index (Phi) is 6.31. The van der Waals surface area contributed by atoms with Crippen molar-refractivity contribution in [1.29, 1.82) is 0 Å². The van der Waals surface area contributed by atoms with E-state index in [0.29, 0.717) is 5.69 Å². The minimum absolute atomic E-state index is 0. The molecule has 58 valence electrons. The molecule has 2 nitrogen and oxygen atoms in total. The summed E-state index contributed by atoms with van der Waals surface area (Å²) in [6.45, 7) is 0. The van der Waals surface area contributed by atoms with Crippen molar-refractivity contribution in [2.45, 2.75) is 0 Å². The van der Waals surface area contributed by atoms with E-state index in [0.717, 1.165) is 0 Å². The average molecular weight is 182 g/mol. The highest BCUT2D eigenvalue weighted by molar-refractivity contribution is 5.85. The molecule has 0 aromatic heterocycles. The lowest BCUT2D eigenvalue weighted by atomic mass is 10.3. The standard InChI is InChI=1S/C6H7NO.2ClH/c7-5-3-1-2-4-6(5)8;;/h1-4,8H,7H2;2*1H. The number of para-hydroxylation sites is 2. The summed E-state index contributed by atoms with van der Waals surface area (Å²) in [4.78, 5) is 0. The Labute approximate surface area is 71.9 Å². The van der Waals surface area contributed by atoms with Crippen molar-refractivity contribution >= 4 is 30.5 Å². The Bertz CT molecular complexity index is 172. The van der Waals surface area contributed by atoms with Crippen LogP contribution < -0.4 is 5.73 Å². The van der Waals surface area contributed by atoms with Crippen LogP contribution in [0.2, 0.25) is 0 Å². The lowest BCUT2D eigenvalue weighted by molar-refractivity contribution is 0.478. The smallest absolute Gasteiger partial charge is 0.138 e. The van der Waals surface area contributed by atoms with Gasteiger partial charge in [-0.3, -0.25) is 0 Å². The number of phenolic OH excluding ortho intramolecular Hbond substituents is 1. The van der Waals surface area contributed by atoms with Gasteiger partial charge in [-0.05, 0) is 12.1 Å². The monoisotopic (exact) mass is 181 g/mol. The second kappa shape index (κ2) is 5.21. The number of rotatable bonds is 0. The molecule has 1 aromatic rings. The number of aromatic hydroxyl groups is 1.